The third-order valence-corrected chi connectivity index (χ3v) is 13.1. The molecule has 0 radical (unpaired) electrons. The monoisotopic (exact) mass is 491 g/mol. The Kier molecular flexibility index (Phi) is 5.05. The van der Waals surface area contributed by atoms with E-state index in [1.54, 1.807) is 0 Å². The lowest BCUT2D eigenvalue weighted by atomic mass is 9.47. The van der Waals surface area contributed by atoms with Crippen LogP contribution >= 0.6 is 0 Å². The van der Waals surface area contributed by atoms with E-state index in [2.05, 4.69) is 32.2 Å². The van der Waals surface area contributed by atoms with Gasteiger partial charge in [-0.3, -0.25) is 4.79 Å². The first-order valence-electron chi connectivity index (χ1n) is 15.1. The molecule has 0 heterocycles. The van der Waals surface area contributed by atoms with Crippen molar-refractivity contribution < 1.29 is 14.3 Å². The molecular weight excluding hydrogens is 446 g/mol. The van der Waals surface area contributed by atoms with Crippen LogP contribution in [-0.4, -0.2) is 23.0 Å². The largest absolute Gasteiger partial charge is 0.442 e. The summed E-state index contributed by atoms with van der Waals surface area (Å²) < 4.78 is 6.67. The van der Waals surface area contributed by atoms with Crippen LogP contribution in [-0.2, 0) is 9.53 Å². The number of amides is 1. The lowest BCUT2D eigenvalue weighted by Crippen LogP contribution is -2.61. The first-order valence-corrected chi connectivity index (χ1v) is 15.1. The minimum absolute atomic E-state index is 0.00276. The SMILES string of the molecule is CC[C@]1(OC(=O)NC23CC4CC(CC(C4)C2)C3)CCC2C3CCC4=CC(=O)C=C[C@]4(C)C3CC[C@@]21C. The van der Waals surface area contributed by atoms with Gasteiger partial charge in [-0.15, -0.1) is 0 Å². The van der Waals surface area contributed by atoms with Crippen LogP contribution in [0.3, 0.4) is 0 Å². The number of hydrogen-bond donors (Lipinski definition) is 1. The van der Waals surface area contributed by atoms with Crippen LogP contribution in [0, 0.1) is 46.3 Å². The fraction of sp³-hybridized carbons (Fsp3) is 0.812. The molecule has 1 N–H and O–H groups in total. The molecule has 7 fully saturated rings. The summed E-state index contributed by atoms with van der Waals surface area (Å²) in [4.78, 5) is 25.7. The van der Waals surface area contributed by atoms with Crippen molar-refractivity contribution in [3.05, 3.63) is 23.8 Å². The average Bonchev–Trinajstić information content (AvgIpc) is 3.10. The number of carbonyl (C=O) groups excluding carboxylic acids is 2. The van der Waals surface area contributed by atoms with Gasteiger partial charge in [0.15, 0.2) is 5.78 Å². The van der Waals surface area contributed by atoms with E-state index in [0.717, 1.165) is 56.3 Å². The van der Waals surface area contributed by atoms with Gasteiger partial charge in [0.1, 0.15) is 5.60 Å². The van der Waals surface area contributed by atoms with Gasteiger partial charge in [0.05, 0.1) is 0 Å². The number of ketones is 1. The Labute approximate surface area is 217 Å². The Bertz CT molecular complexity index is 1010. The van der Waals surface area contributed by atoms with E-state index < -0.39 is 0 Å². The third kappa shape index (κ3) is 3.17. The van der Waals surface area contributed by atoms with Crippen molar-refractivity contribution in [1.29, 1.82) is 0 Å². The highest BCUT2D eigenvalue weighted by molar-refractivity contribution is 6.01. The molecule has 0 saturated heterocycles. The van der Waals surface area contributed by atoms with Crippen molar-refractivity contribution in [2.24, 2.45) is 46.3 Å². The van der Waals surface area contributed by atoms with E-state index in [4.69, 9.17) is 4.74 Å². The molecular formula is C32H45NO3. The molecule has 4 bridgehead atoms. The molecule has 4 heteroatoms. The third-order valence-electron chi connectivity index (χ3n) is 13.1. The summed E-state index contributed by atoms with van der Waals surface area (Å²) in [5, 5.41) is 3.52. The van der Waals surface area contributed by atoms with Crippen molar-refractivity contribution in [3.63, 3.8) is 0 Å². The minimum Gasteiger partial charge on any atom is -0.442 e. The fourth-order valence-electron chi connectivity index (χ4n) is 11.8. The predicted octanol–water partition coefficient (Wildman–Crippen LogP) is 7.14. The summed E-state index contributed by atoms with van der Waals surface area (Å²) in [7, 11) is 0. The van der Waals surface area contributed by atoms with Crippen molar-refractivity contribution in [2.45, 2.75) is 115 Å². The minimum atomic E-state index is -0.357. The highest BCUT2D eigenvalue weighted by Crippen LogP contribution is 2.68. The first-order chi connectivity index (χ1) is 17.2. The number of hydrogen-bond acceptors (Lipinski definition) is 3. The second-order valence-corrected chi connectivity index (χ2v) is 14.7. The Morgan fingerprint density at radius 3 is 2.33 bits per heavy atom. The van der Waals surface area contributed by atoms with E-state index in [0.29, 0.717) is 17.8 Å². The number of alkyl carbamates (subject to hydrolysis) is 1. The van der Waals surface area contributed by atoms with E-state index in [-0.39, 0.29) is 33.8 Å². The first kappa shape index (κ1) is 23.5. The smallest absolute Gasteiger partial charge is 0.408 e. The normalized spacial score (nSPS) is 52.3. The zero-order chi connectivity index (χ0) is 24.9. The van der Waals surface area contributed by atoms with Gasteiger partial charge >= 0.3 is 6.09 Å². The van der Waals surface area contributed by atoms with Crippen LogP contribution in [0.1, 0.15) is 104 Å². The second kappa shape index (κ2) is 7.73. The molecule has 4 nitrogen and oxygen atoms in total. The number of fused-ring (bicyclic) bond motifs is 5. The number of carbonyl (C=O) groups is 2. The van der Waals surface area contributed by atoms with Crippen LogP contribution in [0.5, 0.6) is 0 Å². The highest BCUT2D eigenvalue weighted by Gasteiger charge is 2.65. The van der Waals surface area contributed by atoms with Crippen LogP contribution in [0.2, 0.25) is 0 Å². The summed E-state index contributed by atoms with van der Waals surface area (Å²) in [6, 6.07) is 0. The topological polar surface area (TPSA) is 55.4 Å². The Hall–Kier alpha value is -1.58. The maximum Gasteiger partial charge on any atom is 0.408 e. The molecule has 8 rings (SSSR count). The molecule has 36 heavy (non-hydrogen) atoms. The molecule has 7 saturated carbocycles. The number of rotatable bonds is 3. The maximum absolute atomic E-state index is 13.6. The standard InChI is InChI=1S/C32H45NO3/c1-4-32(36-28(35)33-31-17-20-13-21(18-31)15-22(14-20)19-31)12-9-27-25-6-5-23-16-24(34)7-10-29(23,2)26(25)8-11-30(27,32)3/h7,10,16,20-22,25-27H,4-6,8-9,11-15,17-19H2,1-3H3,(H,33,35)/t20?,21?,22?,25?,26?,27?,29-,30-,31?,32-/m0/s1. The van der Waals surface area contributed by atoms with Gasteiger partial charge in [-0.05, 0) is 131 Å². The summed E-state index contributed by atoms with van der Waals surface area (Å²) in [6.07, 6.45) is 21.0. The molecule has 0 aromatic heterocycles. The van der Waals surface area contributed by atoms with Crippen LogP contribution in [0.25, 0.3) is 0 Å². The van der Waals surface area contributed by atoms with Gasteiger partial charge in [0.2, 0.25) is 0 Å². The number of nitrogens with one attached hydrogen (secondary N) is 1. The molecule has 0 spiro atoms. The van der Waals surface area contributed by atoms with Crippen molar-refractivity contribution in [3.8, 4) is 0 Å². The van der Waals surface area contributed by atoms with Gasteiger partial charge in [-0.25, -0.2) is 4.79 Å². The second-order valence-electron chi connectivity index (χ2n) is 14.7. The Morgan fingerprint density at radius 1 is 1.00 bits per heavy atom. The quantitative estimate of drug-likeness (QED) is 0.456. The van der Waals surface area contributed by atoms with Crippen molar-refractivity contribution in [1.82, 2.24) is 5.32 Å². The molecule has 0 aliphatic heterocycles. The molecule has 0 aromatic carbocycles. The van der Waals surface area contributed by atoms with E-state index >= 15 is 0 Å². The van der Waals surface area contributed by atoms with Gasteiger partial charge in [-0.1, -0.05) is 32.4 Å². The molecule has 8 aliphatic carbocycles. The lowest BCUT2D eigenvalue weighted by Gasteiger charge is -2.59. The number of allylic oxidation sites excluding steroid dienone is 4. The molecule has 196 valence electrons. The molecule has 0 aromatic rings. The van der Waals surface area contributed by atoms with Gasteiger partial charge < -0.3 is 10.1 Å². The summed E-state index contributed by atoms with van der Waals surface area (Å²) >= 11 is 0. The van der Waals surface area contributed by atoms with E-state index in [1.807, 2.05) is 12.2 Å². The zero-order valence-electron chi connectivity index (χ0n) is 22.6. The van der Waals surface area contributed by atoms with Crippen molar-refractivity contribution in [2.75, 3.05) is 0 Å². The Balaban J connectivity index is 1.11. The molecule has 6 atom stereocenters. The fourth-order valence-corrected chi connectivity index (χ4v) is 11.8. The van der Waals surface area contributed by atoms with Gasteiger partial charge in [0.25, 0.3) is 0 Å². The highest BCUT2D eigenvalue weighted by atomic mass is 16.6. The number of ether oxygens (including phenoxy) is 1. The summed E-state index contributed by atoms with van der Waals surface area (Å²) in [5.41, 5.74) is 1.05. The van der Waals surface area contributed by atoms with E-state index in [9.17, 15) is 9.59 Å². The summed E-state index contributed by atoms with van der Waals surface area (Å²) in [5.74, 6) is 4.43. The molecule has 1 amide bonds. The average molecular weight is 492 g/mol. The summed E-state index contributed by atoms with van der Waals surface area (Å²) in [6.45, 7) is 7.07. The molecule has 8 aliphatic rings. The Morgan fingerprint density at radius 2 is 1.67 bits per heavy atom. The predicted molar refractivity (Wildman–Crippen MR) is 140 cm³/mol. The van der Waals surface area contributed by atoms with E-state index in [1.165, 1.54) is 50.5 Å². The maximum atomic E-state index is 13.6. The van der Waals surface area contributed by atoms with Crippen LogP contribution in [0.4, 0.5) is 4.79 Å². The lowest BCUT2D eigenvalue weighted by molar-refractivity contribution is -0.129. The van der Waals surface area contributed by atoms with Crippen LogP contribution < -0.4 is 5.32 Å². The zero-order valence-corrected chi connectivity index (χ0v) is 22.6. The molecule has 3 unspecified atom stereocenters. The van der Waals surface area contributed by atoms with Crippen molar-refractivity contribution >= 4 is 11.9 Å². The van der Waals surface area contributed by atoms with Crippen LogP contribution in [0.15, 0.2) is 23.8 Å². The van der Waals surface area contributed by atoms with Gasteiger partial charge in [-0.2, -0.15) is 0 Å². The van der Waals surface area contributed by atoms with Gasteiger partial charge in [0, 0.05) is 16.4 Å².